The Hall–Kier alpha value is -5.64. The van der Waals surface area contributed by atoms with Crippen molar-refractivity contribution in [2.24, 2.45) is 27.9 Å². The molecule has 14 N–H and O–H groups in total. The molecule has 0 fully saturated rings. The molecule has 0 spiro atoms. The van der Waals surface area contributed by atoms with Gasteiger partial charge in [0.25, 0.3) is 0 Å². The molecule has 0 saturated carbocycles. The van der Waals surface area contributed by atoms with Gasteiger partial charge < -0.3 is 54.1 Å². The molecule has 16 nitrogen and oxygen atoms in total. The van der Waals surface area contributed by atoms with Crippen LogP contribution >= 0.6 is 0 Å². The van der Waals surface area contributed by atoms with E-state index in [1.54, 1.807) is 24.4 Å². The molecule has 0 aliphatic carbocycles. The van der Waals surface area contributed by atoms with Crippen LogP contribution in [0.2, 0.25) is 0 Å². The van der Waals surface area contributed by atoms with Crippen molar-refractivity contribution in [2.45, 2.75) is 56.3 Å². The normalized spacial score (nSPS) is 13.5. The van der Waals surface area contributed by atoms with E-state index in [-0.39, 0.29) is 43.9 Å². The molecule has 0 bridgehead atoms. The van der Waals surface area contributed by atoms with Gasteiger partial charge in [0.15, 0.2) is 5.96 Å². The number of carboxylic acid groups (broad SMARTS) is 1. The lowest BCUT2D eigenvalue weighted by Gasteiger charge is -2.25. The molecule has 1 heterocycles. The maximum Gasteiger partial charge on any atom is 0.326 e. The van der Waals surface area contributed by atoms with Crippen molar-refractivity contribution >= 4 is 46.5 Å². The number of carbonyl (C=O) groups is 5. The Balaban J connectivity index is 1.80. The predicted octanol–water partition coefficient (Wildman–Crippen LogP) is -1.55. The van der Waals surface area contributed by atoms with Crippen LogP contribution in [-0.2, 0) is 36.8 Å². The number of guanidine groups is 1. The Morgan fingerprint density at radius 1 is 0.826 bits per heavy atom. The number of aliphatic imine (C=N–C) groups is 1. The number of H-pyrrole nitrogens is 1. The van der Waals surface area contributed by atoms with E-state index in [9.17, 15) is 34.2 Å². The Bertz CT molecular complexity index is 1570. The number of fused-ring (bicyclic) bond motifs is 1. The van der Waals surface area contributed by atoms with Gasteiger partial charge in [-0.25, -0.2) is 4.79 Å². The van der Waals surface area contributed by atoms with Gasteiger partial charge in [-0.1, -0.05) is 30.3 Å². The molecule has 0 aliphatic heterocycles. The number of amides is 4. The van der Waals surface area contributed by atoms with Crippen LogP contribution in [0.4, 0.5) is 0 Å². The summed E-state index contributed by atoms with van der Waals surface area (Å²) in [6.45, 7) is 0.140. The number of hydrogen-bond donors (Lipinski definition) is 10. The lowest BCUT2D eigenvalue weighted by Crippen LogP contribution is -2.58. The van der Waals surface area contributed by atoms with E-state index in [1.807, 2.05) is 18.2 Å². The van der Waals surface area contributed by atoms with Crippen LogP contribution in [-0.4, -0.2) is 81.5 Å². The highest BCUT2D eigenvalue weighted by Gasteiger charge is 2.31. The molecule has 0 saturated heterocycles. The summed E-state index contributed by atoms with van der Waals surface area (Å²) in [6, 6.07) is 7.98. The fourth-order valence-electron chi connectivity index (χ4n) is 4.70. The molecular formula is C30H39N9O7. The number of hydrogen-bond acceptors (Lipinski definition) is 8. The van der Waals surface area contributed by atoms with Crippen LogP contribution in [0.5, 0.6) is 5.75 Å². The van der Waals surface area contributed by atoms with Crippen LogP contribution in [0.15, 0.2) is 59.7 Å². The third-order valence-corrected chi connectivity index (χ3v) is 7.06. The average molecular weight is 638 g/mol. The lowest BCUT2D eigenvalue weighted by molar-refractivity contribution is -0.142. The predicted molar refractivity (Wildman–Crippen MR) is 169 cm³/mol. The first kappa shape index (κ1) is 34.8. The summed E-state index contributed by atoms with van der Waals surface area (Å²) < 4.78 is 0. The minimum absolute atomic E-state index is 0.00904. The topological polar surface area (TPSA) is 294 Å². The van der Waals surface area contributed by atoms with E-state index in [1.165, 1.54) is 12.1 Å². The number of carboxylic acids is 1. The van der Waals surface area contributed by atoms with Gasteiger partial charge in [0, 0.05) is 30.1 Å². The zero-order valence-electron chi connectivity index (χ0n) is 24.9. The number of primary amides is 1. The number of aromatic nitrogens is 1. The molecule has 4 amide bonds. The van der Waals surface area contributed by atoms with Gasteiger partial charge in [-0.15, -0.1) is 0 Å². The summed E-state index contributed by atoms with van der Waals surface area (Å²) in [6.07, 6.45) is 1.28. The Morgan fingerprint density at radius 2 is 1.46 bits per heavy atom. The molecule has 3 aromatic rings. The van der Waals surface area contributed by atoms with Crippen LogP contribution in [0.3, 0.4) is 0 Å². The molecule has 16 heteroatoms. The number of aliphatic carboxylic acids is 1. The molecule has 46 heavy (non-hydrogen) atoms. The van der Waals surface area contributed by atoms with Crippen molar-refractivity contribution in [3.05, 3.63) is 65.9 Å². The molecule has 3 rings (SSSR count). The largest absolute Gasteiger partial charge is 0.508 e. The van der Waals surface area contributed by atoms with Crippen molar-refractivity contribution < 1.29 is 34.2 Å². The Kier molecular flexibility index (Phi) is 12.5. The lowest BCUT2D eigenvalue weighted by atomic mass is 10.0. The highest BCUT2D eigenvalue weighted by atomic mass is 16.4. The quantitative estimate of drug-likeness (QED) is 0.0462. The van der Waals surface area contributed by atoms with Crippen LogP contribution in [0, 0.1) is 0 Å². The van der Waals surface area contributed by atoms with Crippen LogP contribution in [0.1, 0.15) is 30.4 Å². The van der Waals surface area contributed by atoms with Crippen molar-refractivity contribution in [1.82, 2.24) is 20.9 Å². The summed E-state index contributed by atoms with van der Waals surface area (Å²) >= 11 is 0. The van der Waals surface area contributed by atoms with E-state index in [0.717, 1.165) is 10.9 Å². The standard InChI is InChI=1S/C30H39N9O7/c31-20(12-16-7-9-18(40)10-8-16)26(42)38-24(14-25(32)41)28(44)39-23(13-17-15-36-21-5-2-1-4-19(17)21)27(43)37-22(29(45)46)6-3-11-35-30(33)34/h1-2,4-5,7-10,15,20,22-24,36,40H,3,6,11-14,31H2,(H2,32,41)(H,37,43)(H,38,42)(H,39,44)(H,45,46)(H4,33,34,35). The van der Waals surface area contributed by atoms with E-state index in [2.05, 4.69) is 25.9 Å². The van der Waals surface area contributed by atoms with Gasteiger partial charge in [-0.3, -0.25) is 24.2 Å². The number of para-hydroxylation sites is 1. The van der Waals surface area contributed by atoms with Crippen molar-refractivity contribution in [3.8, 4) is 5.75 Å². The first-order valence-corrected chi connectivity index (χ1v) is 14.4. The molecular weight excluding hydrogens is 598 g/mol. The van der Waals surface area contributed by atoms with E-state index in [0.29, 0.717) is 11.1 Å². The van der Waals surface area contributed by atoms with Crippen molar-refractivity contribution in [1.29, 1.82) is 0 Å². The minimum atomic E-state index is -1.50. The fourth-order valence-corrected chi connectivity index (χ4v) is 4.70. The number of rotatable bonds is 17. The van der Waals surface area contributed by atoms with E-state index < -0.39 is 60.2 Å². The Labute approximate surface area is 264 Å². The third kappa shape index (κ3) is 10.5. The monoisotopic (exact) mass is 637 g/mol. The number of aromatic amines is 1. The van der Waals surface area contributed by atoms with Crippen LogP contribution < -0.4 is 38.9 Å². The second kappa shape index (κ2) is 16.4. The summed E-state index contributed by atoms with van der Waals surface area (Å²) in [4.78, 5) is 70.6. The number of nitrogens with two attached hydrogens (primary N) is 4. The summed E-state index contributed by atoms with van der Waals surface area (Å²) in [5, 5.41) is 27.4. The van der Waals surface area contributed by atoms with Crippen LogP contribution in [0.25, 0.3) is 10.9 Å². The summed E-state index contributed by atoms with van der Waals surface area (Å²) in [5.74, 6) is -4.83. The van der Waals surface area contributed by atoms with Gasteiger partial charge >= 0.3 is 5.97 Å². The first-order chi connectivity index (χ1) is 21.8. The molecule has 4 atom stereocenters. The highest BCUT2D eigenvalue weighted by molar-refractivity contribution is 5.96. The zero-order valence-corrected chi connectivity index (χ0v) is 24.9. The van der Waals surface area contributed by atoms with E-state index in [4.69, 9.17) is 22.9 Å². The van der Waals surface area contributed by atoms with Gasteiger partial charge in [0.1, 0.15) is 23.9 Å². The number of benzene rings is 2. The smallest absolute Gasteiger partial charge is 0.326 e. The number of carbonyl (C=O) groups excluding carboxylic acids is 4. The highest BCUT2D eigenvalue weighted by Crippen LogP contribution is 2.19. The average Bonchev–Trinajstić information content (AvgIpc) is 3.41. The SMILES string of the molecule is NC(=O)CC(NC(=O)C(N)Cc1ccc(O)cc1)C(=O)NC(Cc1c[nH]c2ccccc12)C(=O)NC(CCCN=C(N)N)C(=O)O. The maximum absolute atomic E-state index is 13.5. The molecule has 2 aromatic carbocycles. The zero-order chi connectivity index (χ0) is 33.8. The molecule has 1 aromatic heterocycles. The minimum Gasteiger partial charge on any atom is -0.508 e. The molecule has 246 valence electrons. The fraction of sp³-hybridized carbons (Fsp3) is 0.333. The number of phenols is 1. The summed E-state index contributed by atoms with van der Waals surface area (Å²) in [5.41, 5.74) is 24.1. The van der Waals surface area contributed by atoms with Gasteiger partial charge in [0.05, 0.1) is 12.5 Å². The number of aromatic hydroxyl groups is 1. The van der Waals surface area contributed by atoms with Crippen molar-refractivity contribution in [2.75, 3.05) is 6.54 Å². The molecule has 4 unspecified atom stereocenters. The second-order valence-electron chi connectivity index (χ2n) is 10.7. The van der Waals surface area contributed by atoms with Crippen molar-refractivity contribution in [3.63, 3.8) is 0 Å². The summed E-state index contributed by atoms with van der Waals surface area (Å²) in [7, 11) is 0. The van der Waals surface area contributed by atoms with Gasteiger partial charge in [0.2, 0.25) is 23.6 Å². The van der Waals surface area contributed by atoms with Gasteiger partial charge in [-0.05, 0) is 48.6 Å². The third-order valence-electron chi connectivity index (χ3n) is 7.06. The number of nitrogens with one attached hydrogen (secondary N) is 4. The first-order valence-electron chi connectivity index (χ1n) is 14.4. The van der Waals surface area contributed by atoms with E-state index >= 15 is 0 Å². The maximum atomic E-state index is 13.5. The second-order valence-corrected chi connectivity index (χ2v) is 10.7. The Morgan fingerprint density at radius 3 is 2.11 bits per heavy atom. The van der Waals surface area contributed by atoms with Gasteiger partial charge in [-0.2, -0.15) is 0 Å². The molecule has 0 aliphatic rings. The number of phenolic OH excluding ortho intramolecular Hbond substituents is 1. The molecule has 0 radical (unpaired) electrons. The number of nitrogens with zero attached hydrogens (tertiary/aromatic N) is 1.